The highest BCUT2D eigenvalue weighted by molar-refractivity contribution is 5.52. The van der Waals surface area contributed by atoms with E-state index in [0.717, 1.165) is 12.2 Å². The fourth-order valence-corrected chi connectivity index (χ4v) is 2.46. The third-order valence-electron chi connectivity index (χ3n) is 3.47. The SMILES string of the molecule is CCC1Oc2c(C(C)C)ccc(C)c2C1N. The third kappa shape index (κ3) is 1.61. The highest BCUT2D eigenvalue weighted by Gasteiger charge is 2.33. The maximum absolute atomic E-state index is 6.25. The summed E-state index contributed by atoms with van der Waals surface area (Å²) in [5.74, 6) is 1.53. The minimum absolute atomic E-state index is 0.0405. The Morgan fingerprint density at radius 2 is 2.06 bits per heavy atom. The van der Waals surface area contributed by atoms with Crippen molar-refractivity contribution in [2.75, 3.05) is 0 Å². The lowest BCUT2D eigenvalue weighted by atomic mass is 9.93. The lowest BCUT2D eigenvalue weighted by Gasteiger charge is -2.13. The fourth-order valence-electron chi connectivity index (χ4n) is 2.46. The van der Waals surface area contributed by atoms with Crippen molar-refractivity contribution in [3.05, 3.63) is 28.8 Å². The van der Waals surface area contributed by atoms with Gasteiger partial charge < -0.3 is 10.5 Å². The number of hydrogen-bond acceptors (Lipinski definition) is 2. The van der Waals surface area contributed by atoms with Crippen molar-refractivity contribution in [3.63, 3.8) is 0 Å². The minimum Gasteiger partial charge on any atom is -0.488 e. The van der Waals surface area contributed by atoms with Crippen LogP contribution in [0.4, 0.5) is 0 Å². The van der Waals surface area contributed by atoms with E-state index in [-0.39, 0.29) is 12.1 Å². The number of fused-ring (bicyclic) bond motifs is 1. The van der Waals surface area contributed by atoms with Crippen molar-refractivity contribution >= 4 is 0 Å². The lowest BCUT2D eigenvalue weighted by molar-refractivity contribution is 0.200. The van der Waals surface area contributed by atoms with Gasteiger partial charge in [-0.25, -0.2) is 0 Å². The summed E-state index contributed by atoms with van der Waals surface area (Å²) in [6.45, 7) is 8.63. The molecule has 88 valence electrons. The molecule has 1 aliphatic rings. The molecule has 2 nitrogen and oxygen atoms in total. The summed E-state index contributed by atoms with van der Waals surface area (Å²) in [6.07, 6.45) is 1.11. The Bertz CT molecular complexity index is 398. The Kier molecular flexibility index (Phi) is 2.94. The second-order valence-corrected chi connectivity index (χ2v) is 4.96. The molecule has 0 aliphatic carbocycles. The van der Waals surface area contributed by atoms with E-state index in [9.17, 15) is 0 Å². The van der Waals surface area contributed by atoms with Crippen LogP contribution in [0, 0.1) is 6.92 Å². The molecule has 1 aromatic carbocycles. The molecule has 2 rings (SSSR count). The highest BCUT2D eigenvalue weighted by atomic mass is 16.5. The fraction of sp³-hybridized carbons (Fsp3) is 0.571. The van der Waals surface area contributed by atoms with Crippen molar-refractivity contribution in [1.82, 2.24) is 0 Å². The number of ether oxygens (including phenoxy) is 1. The van der Waals surface area contributed by atoms with Crippen molar-refractivity contribution in [3.8, 4) is 5.75 Å². The zero-order valence-electron chi connectivity index (χ0n) is 10.6. The molecule has 1 heterocycles. The summed E-state index contributed by atoms with van der Waals surface area (Å²) in [4.78, 5) is 0. The van der Waals surface area contributed by atoms with Crippen LogP contribution in [0.1, 0.15) is 55.8 Å². The van der Waals surface area contributed by atoms with Crippen LogP contribution in [0.25, 0.3) is 0 Å². The highest BCUT2D eigenvalue weighted by Crippen LogP contribution is 2.43. The summed E-state index contributed by atoms with van der Waals surface area (Å²) in [5.41, 5.74) is 10.0. The number of hydrogen-bond donors (Lipinski definition) is 1. The van der Waals surface area contributed by atoms with E-state index >= 15 is 0 Å². The second kappa shape index (κ2) is 4.10. The molecule has 0 spiro atoms. The monoisotopic (exact) mass is 219 g/mol. The summed E-state index contributed by atoms with van der Waals surface area (Å²) >= 11 is 0. The van der Waals surface area contributed by atoms with Gasteiger partial charge in [0, 0.05) is 5.56 Å². The first-order valence-corrected chi connectivity index (χ1v) is 6.11. The van der Waals surface area contributed by atoms with Crippen molar-refractivity contribution < 1.29 is 4.74 Å². The molecule has 1 aromatic rings. The van der Waals surface area contributed by atoms with Gasteiger partial charge in [0.15, 0.2) is 0 Å². The first-order chi connectivity index (χ1) is 7.56. The Balaban J connectivity index is 2.53. The average molecular weight is 219 g/mol. The van der Waals surface area contributed by atoms with Crippen LogP contribution in [0.2, 0.25) is 0 Å². The second-order valence-electron chi connectivity index (χ2n) is 4.96. The normalized spacial score (nSPS) is 23.4. The molecular formula is C14H21NO. The topological polar surface area (TPSA) is 35.2 Å². The molecule has 0 fully saturated rings. The van der Waals surface area contributed by atoms with Crippen LogP contribution in [-0.4, -0.2) is 6.10 Å². The van der Waals surface area contributed by atoms with Gasteiger partial charge in [-0.1, -0.05) is 32.9 Å². The molecule has 2 N–H and O–H groups in total. The van der Waals surface area contributed by atoms with E-state index in [1.54, 1.807) is 0 Å². The number of aryl methyl sites for hydroxylation is 1. The van der Waals surface area contributed by atoms with Gasteiger partial charge in [-0.15, -0.1) is 0 Å². The lowest BCUT2D eigenvalue weighted by Crippen LogP contribution is -2.24. The molecule has 2 atom stereocenters. The first kappa shape index (κ1) is 11.5. The number of benzene rings is 1. The molecule has 0 saturated heterocycles. The molecule has 1 aliphatic heterocycles. The van der Waals surface area contributed by atoms with Crippen LogP contribution < -0.4 is 10.5 Å². The zero-order chi connectivity index (χ0) is 11.9. The van der Waals surface area contributed by atoms with Crippen LogP contribution in [0.5, 0.6) is 5.75 Å². The maximum Gasteiger partial charge on any atom is 0.128 e. The van der Waals surface area contributed by atoms with Crippen molar-refractivity contribution in [2.45, 2.75) is 52.2 Å². The van der Waals surface area contributed by atoms with Crippen LogP contribution in [-0.2, 0) is 0 Å². The van der Waals surface area contributed by atoms with E-state index < -0.39 is 0 Å². The van der Waals surface area contributed by atoms with Crippen molar-refractivity contribution in [2.24, 2.45) is 5.73 Å². The van der Waals surface area contributed by atoms with Gasteiger partial charge in [-0.3, -0.25) is 0 Å². The van der Waals surface area contributed by atoms with Gasteiger partial charge in [0.25, 0.3) is 0 Å². The van der Waals surface area contributed by atoms with E-state index in [1.807, 2.05) is 0 Å². The zero-order valence-corrected chi connectivity index (χ0v) is 10.6. The number of rotatable bonds is 2. The first-order valence-electron chi connectivity index (χ1n) is 6.11. The molecule has 0 saturated carbocycles. The average Bonchev–Trinajstić information content (AvgIpc) is 2.56. The Morgan fingerprint density at radius 3 is 2.62 bits per heavy atom. The Hall–Kier alpha value is -1.02. The molecule has 0 radical (unpaired) electrons. The van der Waals surface area contributed by atoms with Gasteiger partial charge >= 0.3 is 0 Å². The maximum atomic E-state index is 6.25. The smallest absolute Gasteiger partial charge is 0.128 e. The third-order valence-corrected chi connectivity index (χ3v) is 3.47. The molecule has 16 heavy (non-hydrogen) atoms. The van der Waals surface area contributed by atoms with Gasteiger partial charge in [-0.2, -0.15) is 0 Å². The largest absolute Gasteiger partial charge is 0.488 e. The quantitative estimate of drug-likeness (QED) is 0.828. The van der Waals surface area contributed by atoms with E-state index in [4.69, 9.17) is 10.5 Å². The molecule has 0 aromatic heterocycles. The summed E-state index contributed by atoms with van der Waals surface area (Å²) in [5, 5.41) is 0. The minimum atomic E-state index is 0.0405. The molecule has 2 heteroatoms. The van der Waals surface area contributed by atoms with E-state index in [1.165, 1.54) is 16.7 Å². The predicted molar refractivity (Wildman–Crippen MR) is 66.9 cm³/mol. The van der Waals surface area contributed by atoms with Crippen LogP contribution in [0.3, 0.4) is 0 Å². The van der Waals surface area contributed by atoms with Gasteiger partial charge in [0.05, 0.1) is 6.04 Å². The molecule has 2 unspecified atom stereocenters. The van der Waals surface area contributed by atoms with Gasteiger partial charge in [-0.05, 0) is 30.4 Å². The van der Waals surface area contributed by atoms with Gasteiger partial charge in [0.1, 0.15) is 11.9 Å². The molecular weight excluding hydrogens is 198 g/mol. The van der Waals surface area contributed by atoms with Crippen molar-refractivity contribution in [1.29, 1.82) is 0 Å². The molecule has 0 amide bonds. The summed E-state index contributed by atoms with van der Waals surface area (Å²) in [7, 11) is 0. The van der Waals surface area contributed by atoms with E-state index in [2.05, 4.69) is 39.8 Å². The number of nitrogens with two attached hydrogens (primary N) is 1. The summed E-state index contributed by atoms with van der Waals surface area (Å²) in [6, 6.07) is 4.37. The standard InChI is InChI=1S/C14H21NO/c1-5-11-13(15)12-9(4)6-7-10(8(2)3)14(12)16-11/h6-8,11,13H,5,15H2,1-4H3. The van der Waals surface area contributed by atoms with Gasteiger partial charge in [0.2, 0.25) is 0 Å². The van der Waals surface area contributed by atoms with Crippen LogP contribution >= 0.6 is 0 Å². The van der Waals surface area contributed by atoms with E-state index in [0.29, 0.717) is 5.92 Å². The van der Waals surface area contributed by atoms with Crippen LogP contribution in [0.15, 0.2) is 12.1 Å². The molecule has 0 bridgehead atoms. The predicted octanol–water partition coefficient (Wildman–Crippen LogP) is 3.29. The Morgan fingerprint density at radius 1 is 1.38 bits per heavy atom. The Labute approximate surface area is 97.8 Å². The summed E-state index contributed by atoms with van der Waals surface area (Å²) < 4.78 is 6.02.